The summed E-state index contributed by atoms with van der Waals surface area (Å²) in [5.74, 6) is -0.426. The number of benzene rings is 1. The molecule has 0 saturated carbocycles. The van der Waals surface area contributed by atoms with E-state index >= 15 is 0 Å². The number of rotatable bonds is 14. The molecule has 2 amide bonds. The van der Waals surface area contributed by atoms with Crippen molar-refractivity contribution in [1.29, 1.82) is 0 Å². The van der Waals surface area contributed by atoms with Gasteiger partial charge in [0.1, 0.15) is 5.75 Å². The Labute approximate surface area is 162 Å². The maximum absolute atomic E-state index is 11.7. The number of carbonyl (C=O) groups excluding carboxylic acids is 2. The van der Waals surface area contributed by atoms with Crippen molar-refractivity contribution >= 4 is 18.0 Å². The first-order chi connectivity index (χ1) is 13.1. The van der Waals surface area contributed by atoms with Gasteiger partial charge in [0, 0.05) is 12.0 Å². The Morgan fingerprint density at radius 3 is 2.26 bits per heavy atom. The molecule has 1 rings (SSSR count). The Bertz CT molecular complexity index is 588. The molecule has 0 heterocycles. The minimum atomic E-state index is -0.401. The molecule has 0 aromatic heterocycles. The normalized spacial score (nSPS) is 10.9. The van der Waals surface area contributed by atoms with Gasteiger partial charge in [-0.15, -0.1) is 0 Å². The van der Waals surface area contributed by atoms with E-state index in [9.17, 15) is 14.7 Å². The standard InChI is InChI=1S/C21H33N3O3/c1-2-3-4-5-6-7-8-9-10-15-20(26)22-17-21(27)24-23-16-18-13-11-12-14-19(18)25/h11-14,16,25H,2-10,15,17H2,1H3,(H,22,26)(H,24,27)/b23-16+. The minimum absolute atomic E-state index is 0.0877. The van der Waals surface area contributed by atoms with Gasteiger partial charge in [-0.25, -0.2) is 5.43 Å². The van der Waals surface area contributed by atoms with E-state index in [4.69, 9.17) is 0 Å². The van der Waals surface area contributed by atoms with Crippen molar-refractivity contribution in [2.24, 2.45) is 5.10 Å². The van der Waals surface area contributed by atoms with Crippen LogP contribution in [0.2, 0.25) is 0 Å². The lowest BCUT2D eigenvalue weighted by molar-refractivity contribution is -0.126. The lowest BCUT2D eigenvalue weighted by Gasteiger charge is -2.05. The number of nitrogens with zero attached hydrogens (tertiary/aromatic N) is 1. The molecule has 0 radical (unpaired) electrons. The predicted octanol–water partition coefficient (Wildman–Crippen LogP) is 3.88. The van der Waals surface area contributed by atoms with Crippen molar-refractivity contribution in [2.75, 3.05) is 6.54 Å². The van der Waals surface area contributed by atoms with Crippen LogP contribution in [-0.4, -0.2) is 29.7 Å². The molecule has 27 heavy (non-hydrogen) atoms. The second-order valence-electron chi connectivity index (χ2n) is 6.71. The van der Waals surface area contributed by atoms with E-state index in [1.54, 1.807) is 18.2 Å². The first kappa shape index (κ1) is 22.7. The largest absolute Gasteiger partial charge is 0.507 e. The number of hydrogen-bond acceptors (Lipinski definition) is 4. The third kappa shape index (κ3) is 11.8. The van der Waals surface area contributed by atoms with Crippen LogP contribution >= 0.6 is 0 Å². The van der Waals surface area contributed by atoms with Gasteiger partial charge >= 0.3 is 0 Å². The summed E-state index contributed by atoms with van der Waals surface area (Å²) >= 11 is 0. The third-order valence-corrected chi connectivity index (χ3v) is 4.28. The van der Waals surface area contributed by atoms with Gasteiger partial charge in [-0.2, -0.15) is 5.10 Å². The molecule has 0 spiro atoms. The monoisotopic (exact) mass is 375 g/mol. The Morgan fingerprint density at radius 2 is 1.59 bits per heavy atom. The topological polar surface area (TPSA) is 90.8 Å². The average Bonchev–Trinajstić information content (AvgIpc) is 2.66. The lowest BCUT2D eigenvalue weighted by atomic mass is 10.1. The second-order valence-corrected chi connectivity index (χ2v) is 6.71. The van der Waals surface area contributed by atoms with Gasteiger partial charge in [0.05, 0.1) is 12.8 Å². The number of hydrogen-bond donors (Lipinski definition) is 3. The summed E-state index contributed by atoms with van der Waals surface area (Å²) < 4.78 is 0. The van der Waals surface area contributed by atoms with Crippen molar-refractivity contribution in [3.05, 3.63) is 29.8 Å². The summed E-state index contributed by atoms with van der Waals surface area (Å²) in [6, 6.07) is 6.68. The van der Waals surface area contributed by atoms with E-state index in [0.717, 1.165) is 12.8 Å². The Balaban J connectivity index is 2.02. The molecule has 0 aliphatic rings. The van der Waals surface area contributed by atoms with Crippen molar-refractivity contribution in [2.45, 2.75) is 71.1 Å². The van der Waals surface area contributed by atoms with Crippen molar-refractivity contribution in [1.82, 2.24) is 10.7 Å². The Hall–Kier alpha value is -2.37. The van der Waals surface area contributed by atoms with Crippen LogP contribution in [0.4, 0.5) is 0 Å². The quantitative estimate of drug-likeness (QED) is 0.262. The van der Waals surface area contributed by atoms with Gasteiger partial charge in [-0.05, 0) is 18.6 Å². The highest BCUT2D eigenvalue weighted by Crippen LogP contribution is 2.12. The van der Waals surface area contributed by atoms with Gasteiger partial charge in [-0.1, -0.05) is 70.4 Å². The zero-order valence-corrected chi connectivity index (χ0v) is 16.4. The highest BCUT2D eigenvalue weighted by atomic mass is 16.3. The van der Waals surface area contributed by atoms with Crippen LogP contribution in [0.5, 0.6) is 5.75 Å². The predicted molar refractivity (Wildman–Crippen MR) is 109 cm³/mol. The summed E-state index contributed by atoms with van der Waals surface area (Å²) in [4.78, 5) is 23.4. The van der Waals surface area contributed by atoms with Crippen molar-refractivity contribution < 1.29 is 14.7 Å². The number of amides is 2. The van der Waals surface area contributed by atoms with Gasteiger partial charge in [-0.3, -0.25) is 9.59 Å². The molecule has 1 aromatic rings. The molecule has 6 nitrogen and oxygen atoms in total. The fraction of sp³-hybridized carbons (Fsp3) is 0.571. The van der Waals surface area contributed by atoms with Crippen molar-refractivity contribution in [3.63, 3.8) is 0 Å². The molecule has 0 saturated heterocycles. The summed E-state index contributed by atoms with van der Waals surface area (Å²) in [5, 5.41) is 15.9. The first-order valence-electron chi connectivity index (χ1n) is 10.00. The summed E-state index contributed by atoms with van der Waals surface area (Å²) in [5.41, 5.74) is 2.83. The smallest absolute Gasteiger partial charge is 0.259 e. The van der Waals surface area contributed by atoms with Gasteiger partial charge in [0.2, 0.25) is 5.91 Å². The molecule has 0 fully saturated rings. The van der Waals surface area contributed by atoms with E-state index < -0.39 is 5.91 Å². The number of para-hydroxylation sites is 1. The van der Waals surface area contributed by atoms with Gasteiger partial charge in [0.15, 0.2) is 0 Å². The molecular formula is C21H33N3O3. The molecule has 6 heteroatoms. The van der Waals surface area contributed by atoms with Gasteiger partial charge in [0.25, 0.3) is 5.91 Å². The molecule has 0 aliphatic carbocycles. The zero-order valence-electron chi connectivity index (χ0n) is 16.4. The highest BCUT2D eigenvalue weighted by molar-refractivity contribution is 5.87. The molecule has 0 aliphatic heterocycles. The Kier molecular flexibility index (Phi) is 12.4. The molecule has 3 N–H and O–H groups in total. The van der Waals surface area contributed by atoms with Crippen LogP contribution in [0.1, 0.15) is 76.7 Å². The first-order valence-corrected chi connectivity index (χ1v) is 10.00. The summed E-state index contributed by atoms with van der Waals surface area (Å²) in [6.07, 6.45) is 12.7. The lowest BCUT2D eigenvalue weighted by Crippen LogP contribution is -2.34. The number of hydrazone groups is 1. The zero-order chi connectivity index (χ0) is 19.7. The SMILES string of the molecule is CCCCCCCCCCCC(=O)NCC(=O)N/N=C/c1ccccc1O. The fourth-order valence-electron chi connectivity index (χ4n) is 2.67. The average molecular weight is 376 g/mol. The number of carbonyl (C=O) groups is 2. The number of phenols is 1. The molecule has 0 unspecified atom stereocenters. The number of nitrogens with one attached hydrogen (secondary N) is 2. The molecule has 150 valence electrons. The molecule has 1 aromatic carbocycles. The fourth-order valence-corrected chi connectivity index (χ4v) is 2.67. The second kappa shape index (κ2) is 14.8. The highest BCUT2D eigenvalue weighted by Gasteiger charge is 2.04. The van der Waals surface area contributed by atoms with E-state index in [2.05, 4.69) is 22.8 Å². The number of phenolic OH excluding ortho intramolecular Hbond substituents is 1. The maximum Gasteiger partial charge on any atom is 0.259 e. The van der Waals surface area contributed by atoms with E-state index in [-0.39, 0.29) is 18.2 Å². The summed E-state index contributed by atoms with van der Waals surface area (Å²) in [7, 11) is 0. The van der Waals surface area contributed by atoms with Crippen LogP contribution in [-0.2, 0) is 9.59 Å². The van der Waals surface area contributed by atoms with E-state index in [1.807, 2.05) is 0 Å². The van der Waals surface area contributed by atoms with Gasteiger partial charge < -0.3 is 10.4 Å². The number of aromatic hydroxyl groups is 1. The molecular weight excluding hydrogens is 342 g/mol. The summed E-state index contributed by atoms with van der Waals surface area (Å²) in [6.45, 7) is 2.12. The minimum Gasteiger partial charge on any atom is -0.507 e. The van der Waals surface area contributed by atoms with Crippen LogP contribution in [0, 0.1) is 0 Å². The Morgan fingerprint density at radius 1 is 0.963 bits per heavy atom. The molecule has 0 bridgehead atoms. The van der Waals surface area contributed by atoms with E-state index in [1.165, 1.54) is 57.2 Å². The third-order valence-electron chi connectivity index (χ3n) is 4.28. The number of unbranched alkanes of at least 4 members (excludes halogenated alkanes) is 8. The maximum atomic E-state index is 11.7. The van der Waals surface area contributed by atoms with Crippen molar-refractivity contribution in [3.8, 4) is 5.75 Å². The van der Waals surface area contributed by atoms with Crippen LogP contribution in [0.3, 0.4) is 0 Å². The van der Waals surface area contributed by atoms with Crippen LogP contribution < -0.4 is 10.7 Å². The van der Waals surface area contributed by atoms with Crippen LogP contribution in [0.25, 0.3) is 0 Å². The molecule has 0 atom stereocenters. The van der Waals surface area contributed by atoms with E-state index in [0.29, 0.717) is 12.0 Å². The van der Waals surface area contributed by atoms with Crippen LogP contribution in [0.15, 0.2) is 29.4 Å².